The molecule has 0 spiro atoms. The lowest BCUT2D eigenvalue weighted by Gasteiger charge is -1.95. The zero-order valence-electron chi connectivity index (χ0n) is 9.93. The summed E-state index contributed by atoms with van der Waals surface area (Å²) in [5.74, 6) is 0.632. The monoisotopic (exact) mass is 258 g/mol. The number of rotatable bonds is 2. The number of Topliss-reactive ketones (excluding diaryl/α,β-unsaturated/α-hetero) is 1. The number of carbonyl (C=O) groups excluding carboxylic acids is 1. The smallest absolute Gasteiger partial charge is 0.192 e. The average molecular weight is 258 g/mol. The minimum Gasteiger partial charge on any atom is -0.441 e. The highest BCUT2D eigenvalue weighted by molar-refractivity contribution is 7.12. The van der Waals surface area contributed by atoms with E-state index in [-0.39, 0.29) is 5.78 Å². The van der Waals surface area contributed by atoms with E-state index in [2.05, 4.69) is 9.97 Å². The third kappa shape index (κ3) is 1.82. The first-order valence-electron chi connectivity index (χ1n) is 5.47. The van der Waals surface area contributed by atoms with Crippen molar-refractivity contribution in [2.24, 2.45) is 0 Å². The molecule has 0 aliphatic heterocycles. The molecular formula is C13H10N2O2S. The lowest BCUT2D eigenvalue weighted by molar-refractivity contribution is 0.101. The summed E-state index contributed by atoms with van der Waals surface area (Å²) in [5.41, 5.74) is 3.30. The Morgan fingerprint density at radius 1 is 1.33 bits per heavy atom. The lowest BCUT2D eigenvalue weighted by Crippen LogP contribution is -1.89. The summed E-state index contributed by atoms with van der Waals surface area (Å²) in [7, 11) is 0. The van der Waals surface area contributed by atoms with E-state index in [0.29, 0.717) is 10.9 Å². The average Bonchev–Trinajstić information content (AvgIpc) is 2.91. The Morgan fingerprint density at radius 3 is 2.89 bits per heavy atom. The van der Waals surface area contributed by atoms with Gasteiger partial charge in [0, 0.05) is 24.8 Å². The van der Waals surface area contributed by atoms with Gasteiger partial charge in [-0.1, -0.05) is 6.07 Å². The van der Waals surface area contributed by atoms with Crippen LogP contribution >= 0.6 is 11.3 Å². The van der Waals surface area contributed by atoms with Gasteiger partial charge in [-0.2, -0.15) is 0 Å². The maximum absolute atomic E-state index is 11.2. The number of hydrogen-bond donors (Lipinski definition) is 0. The van der Waals surface area contributed by atoms with Crippen molar-refractivity contribution in [1.82, 2.24) is 9.97 Å². The van der Waals surface area contributed by atoms with Gasteiger partial charge >= 0.3 is 0 Å². The van der Waals surface area contributed by atoms with Crippen LogP contribution < -0.4 is 0 Å². The lowest BCUT2D eigenvalue weighted by atomic mass is 10.1. The highest BCUT2D eigenvalue weighted by Crippen LogP contribution is 2.26. The van der Waals surface area contributed by atoms with Crippen molar-refractivity contribution in [3.63, 3.8) is 0 Å². The summed E-state index contributed by atoms with van der Waals surface area (Å²) in [5, 5.41) is 2.40. The number of fused-ring (bicyclic) bond motifs is 1. The molecule has 1 aromatic carbocycles. The molecule has 3 aromatic rings. The van der Waals surface area contributed by atoms with E-state index in [9.17, 15) is 4.79 Å². The fraction of sp³-hybridized carbons (Fsp3) is 0.154. The quantitative estimate of drug-likeness (QED) is 0.660. The van der Waals surface area contributed by atoms with E-state index in [1.165, 1.54) is 18.3 Å². The van der Waals surface area contributed by atoms with E-state index in [0.717, 1.165) is 22.4 Å². The van der Waals surface area contributed by atoms with Crippen molar-refractivity contribution in [1.29, 1.82) is 0 Å². The number of aryl methyl sites for hydroxylation is 1. The van der Waals surface area contributed by atoms with Gasteiger partial charge in [0.15, 0.2) is 22.3 Å². The Hall–Kier alpha value is -2.01. The standard InChI is InChI=1S/C13H10N2O2S/c1-7(16)13-15-11(6-18-13)9-3-4-10-12(5-9)17-8(2)14-10/h3-6H,1-2H3. The molecule has 0 aliphatic carbocycles. The van der Waals surface area contributed by atoms with Gasteiger partial charge in [-0.25, -0.2) is 9.97 Å². The number of thiazole rings is 1. The summed E-state index contributed by atoms with van der Waals surface area (Å²) in [6.45, 7) is 3.34. The summed E-state index contributed by atoms with van der Waals surface area (Å²) < 4.78 is 5.48. The molecule has 0 radical (unpaired) electrons. The van der Waals surface area contributed by atoms with E-state index < -0.39 is 0 Å². The van der Waals surface area contributed by atoms with Crippen LogP contribution in [0.4, 0.5) is 0 Å². The molecule has 0 N–H and O–H groups in total. The summed E-state index contributed by atoms with van der Waals surface area (Å²) in [6, 6.07) is 5.73. The van der Waals surface area contributed by atoms with E-state index in [1.807, 2.05) is 30.5 Å². The maximum atomic E-state index is 11.2. The summed E-state index contributed by atoms with van der Waals surface area (Å²) in [4.78, 5) is 19.8. The van der Waals surface area contributed by atoms with Crippen molar-refractivity contribution < 1.29 is 9.21 Å². The molecule has 5 heteroatoms. The molecule has 90 valence electrons. The normalized spacial score (nSPS) is 11.0. The molecule has 18 heavy (non-hydrogen) atoms. The van der Waals surface area contributed by atoms with E-state index in [4.69, 9.17) is 4.42 Å². The fourth-order valence-electron chi connectivity index (χ4n) is 1.77. The molecule has 0 saturated heterocycles. The number of oxazole rings is 1. The minimum atomic E-state index is -0.0113. The van der Waals surface area contributed by atoms with Gasteiger partial charge in [0.25, 0.3) is 0 Å². The Kier molecular flexibility index (Phi) is 2.48. The van der Waals surface area contributed by atoms with Gasteiger partial charge in [-0.3, -0.25) is 4.79 Å². The first-order valence-corrected chi connectivity index (χ1v) is 6.35. The van der Waals surface area contributed by atoms with Crippen molar-refractivity contribution in [2.75, 3.05) is 0 Å². The topological polar surface area (TPSA) is 56.0 Å². The molecule has 0 bridgehead atoms. The van der Waals surface area contributed by atoms with Crippen LogP contribution in [-0.2, 0) is 0 Å². The fourth-order valence-corrected chi connectivity index (χ4v) is 2.50. The van der Waals surface area contributed by atoms with Gasteiger partial charge < -0.3 is 4.42 Å². The first kappa shape index (κ1) is 11.1. The van der Waals surface area contributed by atoms with Gasteiger partial charge in [-0.05, 0) is 12.1 Å². The maximum Gasteiger partial charge on any atom is 0.192 e. The molecule has 0 atom stereocenters. The van der Waals surface area contributed by atoms with Crippen LogP contribution in [0.25, 0.3) is 22.4 Å². The van der Waals surface area contributed by atoms with Crippen LogP contribution in [0.3, 0.4) is 0 Å². The zero-order valence-corrected chi connectivity index (χ0v) is 10.7. The summed E-state index contributed by atoms with van der Waals surface area (Å²) in [6.07, 6.45) is 0. The molecule has 0 fully saturated rings. The van der Waals surface area contributed by atoms with E-state index >= 15 is 0 Å². The Labute approximate surface area is 107 Å². The van der Waals surface area contributed by atoms with Gasteiger partial charge in [0.1, 0.15) is 5.52 Å². The predicted octanol–water partition coefficient (Wildman–Crippen LogP) is 3.46. The predicted molar refractivity (Wildman–Crippen MR) is 69.9 cm³/mol. The Morgan fingerprint density at radius 2 is 2.17 bits per heavy atom. The van der Waals surface area contributed by atoms with Gasteiger partial charge in [0.2, 0.25) is 0 Å². The second-order valence-electron chi connectivity index (χ2n) is 4.01. The molecule has 4 nitrogen and oxygen atoms in total. The second-order valence-corrected chi connectivity index (χ2v) is 4.87. The third-order valence-corrected chi connectivity index (χ3v) is 3.54. The van der Waals surface area contributed by atoms with Gasteiger partial charge in [0.05, 0.1) is 5.69 Å². The highest BCUT2D eigenvalue weighted by Gasteiger charge is 2.10. The van der Waals surface area contributed by atoms with Crippen molar-refractivity contribution >= 4 is 28.2 Å². The molecular weight excluding hydrogens is 248 g/mol. The molecule has 2 heterocycles. The largest absolute Gasteiger partial charge is 0.441 e. The number of aromatic nitrogens is 2. The minimum absolute atomic E-state index is 0.0113. The highest BCUT2D eigenvalue weighted by atomic mass is 32.1. The summed E-state index contributed by atoms with van der Waals surface area (Å²) >= 11 is 1.36. The van der Waals surface area contributed by atoms with Crippen molar-refractivity contribution in [3.8, 4) is 11.3 Å². The first-order chi connectivity index (χ1) is 8.63. The molecule has 3 rings (SSSR count). The molecule has 0 aliphatic rings. The molecule has 2 aromatic heterocycles. The molecule has 0 unspecified atom stereocenters. The SMILES string of the molecule is CC(=O)c1nc(-c2ccc3nc(C)oc3c2)cs1. The second kappa shape index (κ2) is 4.03. The Bertz CT molecular complexity index is 742. The van der Waals surface area contributed by atoms with E-state index in [1.54, 1.807) is 0 Å². The number of benzene rings is 1. The zero-order chi connectivity index (χ0) is 12.7. The van der Waals surface area contributed by atoms with Crippen LogP contribution in [0, 0.1) is 6.92 Å². The number of ketones is 1. The van der Waals surface area contributed by atoms with Crippen LogP contribution in [0.15, 0.2) is 28.0 Å². The third-order valence-electron chi connectivity index (χ3n) is 2.60. The van der Waals surface area contributed by atoms with Crippen LogP contribution in [-0.4, -0.2) is 15.8 Å². The number of nitrogens with zero attached hydrogens (tertiary/aromatic N) is 2. The van der Waals surface area contributed by atoms with Crippen LogP contribution in [0.2, 0.25) is 0 Å². The van der Waals surface area contributed by atoms with Crippen molar-refractivity contribution in [3.05, 3.63) is 34.5 Å². The number of hydrogen-bond acceptors (Lipinski definition) is 5. The van der Waals surface area contributed by atoms with Crippen molar-refractivity contribution in [2.45, 2.75) is 13.8 Å². The molecule has 0 amide bonds. The Balaban J connectivity index is 2.09. The molecule has 0 saturated carbocycles. The number of carbonyl (C=O) groups is 1. The van der Waals surface area contributed by atoms with Crippen LogP contribution in [0.5, 0.6) is 0 Å². The van der Waals surface area contributed by atoms with Gasteiger partial charge in [-0.15, -0.1) is 11.3 Å². The van der Waals surface area contributed by atoms with Crippen LogP contribution in [0.1, 0.15) is 22.6 Å².